The average molecular weight is 427 g/mol. The number of H-pyrrole nitrogens is 1. The lowest BCUT2D eigenvalue weighted by Gasteiger charge is -2.12. The highest BCUT2D eigenvalue weighted by Gasteiger charge is 2.12. The third-order valence-electron chi connectivity index (χ3n) is 4.60. The Hall–Kier alpha value is -3.06. The molecule has 1 aromatic heterocycles. The number of amides is 1. The number of aromatic amines is 1. The number of aryl methyl sites for hydroxylation is 1. The third-order valence-corrected chi connectivity index (χ3v) is 5.82. The normalized spacial score (nSPS) is 11.1. The largest absolute Gasteiger partial charge is 0.493 e. The molecule has 0 fully saturated rings. The zero-order valence-electron chi connectivity index (χ0n) is 17.6. The number of nitrogens with one attached hydrogen (secondary N) is 2. The molecule has 0 aliphatic carbocycles. The van der Waals surface area contributed by atoms with Crippen molar-refractivity contribution in [1.29, 1.82) is 0 Å². The first-order valence-electron chi connectivity index (χ1n) is 9.53. The fourth-order valence-electron chi connectivity index (χ4n) is 3.19. The number of aromatic nitrogens is 1. The van der Waals surface area contributed by atoms with Crippen molar-refractivity contribution < 1.29 is 19.0 Å². The zero-order valence-corrected chi connectivity index (χ0v) is 18.4. The van der Waals surface area contributed by atoms with E-state index in [0.717, 1.165) is 22.5 Å². The van der Waals surface area contributed by atoms with Crippen LogP contribution in [0.2, 0.25) is 0 Å². The van der Waals surface area contributed by atoms with Crippen LogP contribution in [0, 0.1) is 6.92 Å². The predicted octanol–water partition coefficient (Wildman–Crippen LogP) is 4.42. The Morgan fingerprint density at radius 2 is 1.80 bits per heavy atom. The smallest absolute Gasteiger partial charge is 0.244 e. The van der Waals surface area contributed by atoms with E-state index < -0.39 is 0 Å². The van der Waals surface area contributed by atoms with Crippen LogP contribution in [-0.4, -0.2) is 44.5 Å². The predicted molar refractivity (Wildman–Crippen MR) is 122 cm³/mol. The van der Waals surface area contributed by atoms with Crippen molar-refractivity contribution in [3.05, 3.63) is 53.7 Å². The molecule has 6 nitrogen and oxygen atoms in total. The minimum atomic E-state index is -0.153. The standard InChI is InChI=1S/C23H26N2O4S/c1-15-23(17-7-5-6-8-18(17)25-15)30-12-11-24-21(26)10-9-16-13-19(27-2)22(29-4)20(14-16)28-3/h5-10,13-14,25H,11-12H2,1-4H3,(H,24,26)/b10-9+. The summed E-state index contributed by atoms with van der Waals surface area (Å²) in [5, 5.41) is 4.13. The molecular formula is C23H26N2O4S. The topological polar surface area (TPSA) is 72.6 Å². The average Bonchev–Trinajstić information content (AvgIpc) is 3.09. The Morgan fingerprint density at radius 1 is 1.10 bits per heavy atom. The van der Waals surface area contributed by atoms with E-state index in [1.165, 1.54) is 16.4 Å². The molecule has 0 aliphatic rings. The molecule has 158 valence electrons. The van der Waals surface area contributed by atoms with Crippen LogP contribution in [0.5, 0.6) is 17.2 Å². The van der Waals surface area contributed by atoms with Crippen LogP contribution < -0.4 is 19.5 Å². The van der Waals surface area contributed by atoms with E-state index in [1.54, 1.807) is 51.3 Å². The lowest BCUT2D eigenvalue weighted by atomic mass is 10.1. The Labute approximate surface area is 180 Å². The molecule has 0 radical (unpaired) electrons. The molecule has 0 saturated carbocycles. The van der Waals surface area contributed by atoms with Crippen LogP contribution in [0.1, 0.15) is 11.3 Å². The number of para-hydroxylation sites is 1. The fourth-order valence-corrected chi connectivity index (χ4v) is 4.20. The summed E-state index contributed by atoms with van der Waals surface area (Å²) in [6.45, 7) is 2.64. The van der Waals surface area contributed by atoms with Crippen LogP contribution >= 0.6 is 11.8 Å². The Bertz CT molecular complexity index is 1030. The monoisotopic (exact) mass is 426 g/mol. The molecule has 0 saturated heterocycles. The van der Waals surface area contributed by atoms with Crippen LogP contribution in [0.15, 0.2) is 47.4 Å². The fraction of sp³-hybridized carbons (Fsp3) is 0.261. The van der Waals surface area contributed by atoms with Gasteiger partial charge in [0.15, 0.2) is 11.5 Å². The van der Waals surface area contributed by atoms with Gasteiger partial charge in [0.25, 0.3) is 0 Å². The Morgan fingerprint density at radius 3 is 2.47 bits per heavy atom. The summed E-state index contributed by atoms with van der Waals surface area (Å²) in [6, 6.07) is 11.8. The van der Waals surface area contributed by atoms with E-state index >= 15 is 0 Å². The number of hydrogen-bond donors (Lipinski definition) is 2. The van der Waals surface area contributed by atoms with Gasteiger partial charge in [-0.2, -0.15) is 0 Å². The molecule has 2 N–H and O–H groups in total. The highest BCUT2D eigenvalue weighted by molar-refractivity contribution is 7.99. The number of hydrogen-bond acceptors (Lipinski definition) is 5. The van der Waals surface area contributed by atoms with E-state index in [1.807, 2.05) is 12.1 Å². The second kappa shape index (κ2) is 10.1. The molecule has 1 heterocycles. The lowest BCUT2D eigenvalue weighted by molar-refractivity contribution is -0.116. The minimum Gasteiger partial charge on any atom is -0.493 e. The van der Waals surface area contributed by atoms with Gasteiger partial charge in [0.1, 0.15) is 0 Å². The summed E-state index contributed by atoms with van der Waals surface area (Å²) in [5.41, 5.74) is 3.06. The van der Waals surface area contributed by atoms with Crippen molar-refractivity contribution in [2.75, 3.05) is 33.6 Å². The summed E-state index contributed by atoms with van der Waals surface area (Å²) in [5.74, 6) is 2.24. The van der Waals surface area contributed by atoms with Gasteiger partial charge in [-0.05, 0) is 36.8 Å². The first-order chi connectivity index (χ1) is 14.6. The van der Waals surface area contributed by atoms with Gasteiger partial charge in [0, 0.05) is 39.9 Å². The number of carbonyl (C=O) groups is 1. The van der Waals surface area contributed by atoms with Gasteiger partial charge < -0.3 is 24.5 Å². The maximum Gasteiger partial charge on any atom is 0.244 e. The van der Waals surface area contributed by atoms with Gasteiger partial charge in [-0.15, -0.1) is 11.8 Å². The maximum atomic E-state index is 12.2. The van der Waals surface area contributed by atoms with E-state index in [9.17, 15) is 4.79 Å². The summed E-state index contributed by atoms with van der Waals surface area (Å²) in [6.07, 6.45) is 3.22. The van der Waals surface area contributed by atoms with Gasteiger partial charge in [-0.25, -0.2) is 0 Å². The molecule has 3 aromatic rings. The highest BCUT2D eigenvalue weighted by atomic mass is 32.2. The molecule has 0 bridgehead atoms. The molecule has 7 heteroatoms. The maximum absolute atomic E-state index is 12.2. The number of carbonyl (C=O) groups excluding carboxylic acids is 1. The van der Waals surface area contributed by atoms with Crippen LogP contribution in [0.4, 0.5) is 0 Å². The van der Waals surface area contributed by atoms with Crippen molar-refractivity contribution in [2.24, 2.45) is 0 Å². The second-order valence-electron chi connectivity index (χ2n) is 6.56. The molecule has 1 amide bonds. The SMILES string of the molecule is COc1cc(/C=C/C(=O)NCCSc2c(C)[nH]c3ccccc23)cc(OC)c1OC. The number of methoxy groups -OCH3 is 3. The lowest BCUT2D eigenvalue weighted by Crippen LogP contribution is -2.23. The van der Waals surface area contributed by atoms with Gasteiger partial charge in [0.2, 0.25) is 11.7 Å². The first-order valence-corrected chi connectivity index (χ1v) is 10.5. The van der Waals surface area contributed by atoms with E-state index in [2.05, 4.69) is 29.4 Å². The quantitative estimate of drug-likeness (QED) is 0.301. The molecule has 0 atom stereocenters. The van der Waals surface area contributed by atoms with Crippen molar-refractivity contribution in [1.82, 2.24) is 10.3 Å². The van der Waals surface area contributed by atoms with Crippen molar-refractivity contribution >= 4 is 34.6 Å². The molecule has 30 heavy (non-hydrogen) atoms. The molecule has 0 aliphatic heterocycles. The molecule has 2 aromatic carbocycles. The van der Waals surface area contributed by atoms with Crippen molar-refractivity contribution in [3.63, 3.8) is 0 Å². The van der Waals surface area contributed by atoms with Gasteiger partial charge in [-0.1, -0.05) is 18.2 Å². The Kier molecular flexibility index (Phi) is 7.30. The van der Waals surface area contributed by atoms with E-state index in [-0.39, 0.29) is 5.91 Å². The van der Waals surface area contributed by atoms with Gasteiger partial charge in [-0.3, -0.25) is 4.79 Å². The number of thioether (sulfide) groups is 1. The first kappa shape index (κ1) is 21.6. The second-order valence-corrected chi connectivity index (χ2v) is 7.66. The number of ether oxygens (including phenoxy) is 3. The van der Waals surface area contributed by atoms with Gasteiger partial charge in [0.05, 0.1) is 21.3 Å². The van der Waals surface area contributed by atoms with Gasteiger partial charge >= 0.3 is 0 Å². The molecule has 3 rings (SSSR count). The van der Waals surface area contributed by atoms with Crippen molar-refractivity contribution in [2.45, 2.75) is 11.8 Å². The van der Waals surface area contributed by atoms with Crippen LogP contribution in [0.25, 0.3) is 17.0 Å². The zero-order chi connectivity index (χ0) is 21.5. The highest BCUT2D eigenvalue weighted by Crippen LogP contribution is 2.38. The van der Waals surface area contributed by atoms with Crippen molar-refractivity contribution in [3.8, 4) is 17.2 Å². The summed E-state index contributed by atoms with van der Waals surface area (Å²) < 4.78 is 16.0. The molecule has 0 unspecified atom stereocenters. The third kappa shape index (κ3) is 4.91. The summed E-state index contributed by atoms with van der Waals surface area (Å²) >= 11 is 1.74. The number of fused-ring (bicyclic) bond motifs is 1. The van der Waals surface area contributed by atoms with Crippen LogP contribution in [-0.2, 0) is 4.79 Å². The minimum absolute atomic E-state index is 0.153. The van der Waals surface area contributed by atoms with E-state index in [4.69, 9.17) is 14.2 Å². The molecular weight excluding hydrogens is 400 g/mol. The number of benzene rings is 2. The van der Waals surface area contributed by atoms with Crippen LogP contribution in [0.3, 0.4) is 0 Å². The Balaban J connectivity index is 1.56. The summed E-state index contributed by atoms with van der Waals surface area (Å²) in [7, 11) is 4.67. The summed E-state index contributed by atoms with van der Waals surface area (Å²) in [4.78, 5) is 16.8. The van der Waals surface area contributed by atoms with E-state index in [0.29, 0.717) is 23.8 Å². The number of rotatable bonds is 9. The molecule has 0 spiro atoms.